The Bertz CT molecular complexity index is 476. The van der Waals surface area contributed by atoms with Gasteiger partial charge in [0.2, 0.25) is 0 Å². The van der Waals surface area contributed by atoms with Gasteiger partial charge >= 0.3 is 0 Å². The van der Waals surface area contributed by atoms with Crippen molar-refractivity contribution in [2.24, 2.45) is 0 Å². The summed E-state index contributed by atoms with van der Waals surface area (Å²) in [5.74, 6) is 1.33. The normalized spacial score (nSPS) is 18.8. The van der Waals surface area contributed by atoms with E-state index in [2.05, 4.69) is 48.3 Å². The molecule has 2 N–H and O–H groups in total. The summed E-state index contributed by atoms with van der Waals surface area (Å²) in [6.45, 7) is 6.44. The van der Waals surface area contributed by atoms with E-state index in [9.17, 15) is 0 Å². The third-order valence-corrected chi connectivity index (χ3v) is 4.86. The van der Waals surface area contributed by atoms with Crippen molar-refractivity contribution in [2.75, 3.05) is 12.8 Å². The third-order valence-electron chi connectivity index (χ3n) is 3.80. The van der Waals surface area contributed by atoms with Gasteiger partial charge in [0.1, 0.15) is 11.4 Å². The van der Waals surface area contributed by atoms with Gasteiger partial charge in [0, 0.05) is 12.5 Å². The first-order valence-electron chi connectivity index (χ1n) is 6.69. The Morgan fingerprint density at radius 2 is 1.79 bits per heavy atom. The Morgan fingerprint density at radius 1 is 1.21 bits per heavy atom. The predicted molar refractivity (Wildman–Crippen MR) is 85.0 cm³/mol. The number of rotatable bonds is 2. The molecule has 19 heavy (non-hydrogen) atoms. The molecule has 0 radical (unpaired) electrons. The van der Waals surface area contributed by atoms with E-state index in [1.807, 2.05) is 0 Å². The smallest absolute Gasteiger partial charge is 0.162 e. The van der Waals surface area contributed by atoms with Crippen LogP contribution in [-0.4, -0.2) is 17.1 Å². The second kappa shape index (κ2) is 5.16. The minimum Gasteiger partial charge on any atom is -0.383 e. The van der Waals surface area contributed by atoms with Gasteiger partial charge in [-0.3, -0.25) is 0 Å². The van der Waals surface area contributed by atoms with Gasteiger partial charge in [-0.1, -0.05) is 20.8 Å². The molecule has 1 aliphatic rings. The number of hydrogen-bond acceptors (Lipinski definition) is 4. The molecule has 106 valence electrons. The maximum atomic E-state index is 6.09. The van der Waals surface area contributed by atoms with Crippen molar-refractivity contribution in [1.82, 2.24) is 9.97 Å². The second-order valence-corrected chi connectivity index (χ2v) is 7.33. The minimum absolute atomic E-state index is 0.0458. The molecule has 0 aliphatic heterocycles. The first-order valence-corrected chi connectivity index (χ1v) is 7.77. The van der Waals surface area contributed by atoms with Gasteiger partial charge in [0.25, 0.3) is 0 Å². The van der Waals surface area contributed by atoms with E-state index < -0.39 is 0 Å². The predicted octanol–water partition coefficient (Wildman–Crippen LogP) is 3.38. The highest BCUT2D eigenvalue weighted by atomic mass is 127. The number of methoxy groups -OCH3 is 1. The molecule has 0 spiro atoms. The zero-order chi connectivity index (χ0) is 14.3. The van der Waals surface area contributed by atoms with Crippen molar-refractivity contribution in [2.45, 2.75) is 57.5 Å². The molecule has 1 aromatic heterocycles. The second-order valence-electron chi connectivity index (χ2n) is 6.25. The lowest BCUT2D eigenvalue weighted by atomic mass is 9.91. The number of nitrogens with zero attached hydrogens (tertiary/aromatic N) is 2. The molecule has 1 aromatic rings. The average Bonchev–Trinajstić information content (AvgIpc) is 2.80. The molecule has 0 saturated heterocycles. The summed E-state index contributed by atoms with van der Waals surface area (Å²) in [5, 5.41) is 0. The molecule has 0 bridgehead atoms. The number of ether oxygens (including phenoxy) is 1. The van der Waals surface area contributed by atoms with Crippen LogP contribution in [-0.2, 0) is 15.8 Å². The van der Waals surface area contributed by atoms with E-state index in [-0.39, 0.29) is 11.0 Å². The average molecular weight is 375 g/mol. The summed E-state index contributed by atoms with van der Waals surface area (Å²) in [5.41, 5.74) is 6.72. The van der Waals surface area contributed by atoms with Crippen LogP contribution in [0.25, 0.3) is 0 Å². The fourth-order valence-corrected chi connectivity index (χ4v) is 3.68. The van der Waals surface area contributed by atoms with Gasteiger partial charge in [0.05, 0.1) is 9.26 Å². The van der Waals surface area contributed by atoms with Crippen LogP contribution in [0.15, 0.2) is 0 Å². The lowest BCUT2D eigenvalue weighted by molar-refractivity contribution is -0.0165. The third kappa shape index (κ3) is 2.72. The van der Waals surface area contributed by atoms with Crippen molar-refractivity contribution in [3.05, 3.63) is 15.1 Å². The lowest BCUT2D eigenvalue weighted by Crippen LogP contribution is -2.30. The molecule has 0 amide bonds. The molecule has 4 nitrogen and oxygen atoms in total. The number of halogens is 1. The van der Waals surface area contributed by atoms with Gasteiger partial charge in [-0.05, 0) is 48.3 Å². The largest absolute Gasteiger partial charge is 0.383 e. The summed E-state index contributed by atoms with van der Waals surface area (Å²) in [6.07, 6.45) is 4.28. The summed E-state index contributed by atoms with van der Waals surface area (Å²) in [6, 6.07) is 0. The van der Waals surface area contributed by atoms with Gasteiger partial charge in [0.15, 0.2) is 5.82 Å². The van der Waals surface area contributed by atoms with E-state index in [4.69, 9.17) is 15.5 Å². The highest BCUT2D eigenvalue weighted by Gasteiger charge is 2.40. The van der Waals surface area contributed by atoms with Crippen molar-refractivity contribution in [1.29, 1.82) is 0 Å². The minimum atomic E-state index is -0.335. The maximum Gasteiger partial charge on any atom is 0.162 e. The fourth-order valence-electron chi connectivity index (χ4n) is 2.63. The van der Waals surface area contributed by atoms with Crippen molar-refractivity contribution in [3.8, 4) is 0 Å². The van der Waals surface area contributed by atoms with Crippen LogP contribution < -0.4 is 5.73 Å². The maximum absolute atomic E-state index is 6.09. The van der Waals surface area contributed by atoms with E-state index >= 15 is 0 Å². The molecule has 1 saturated carbocycles. The van der Waals surface area contributed by atoms with Gasteiger partial charge in [-0.25, -0.2) is 9.97 Å². The Balaban J connectivity index is 2.56. The molecule has 2 rings (SSSR count). The topological polar surface area (TPSA) is 61.0 Å². The number of anilines is 1. The van der Waals surface area contributed by atoms with Crippen molar-refractivity contribution in [3.63, 3.8) is 0 Å². The first kappa shape index (κ1) is 15.0. The molecule has 1 aliphatic carbocycles. The summed E-state index contributed by atoms with van der Waals surface area (Å²) in [7, 11) is 1.75. The molecule has 1 fully saturated rings. The zero-order valence-electron chi connectivity index (χ0n) is 12.1. The van der Waals surface area contributed by atoms with E-state index in [1.165, 1.54) is 0 Å². The highest BCUT2D eigenvalue weighted by Crippen LogP contribution is 2.41. The zero-order valence-corrected chi connectivity index (χ0v) is 14.2. The Morgan fingerprint density at radius 3 is 2.26 bits per heavy atom. The Labute approximate surface area is 128 Å². The number of hydrogen-bond donors (Lipinski definition) is 1. The number of nitrogen functional groups attached to an aromatic ring is 1. The standard InChI is InChI=1S/C14H22IN3O/c1-13(2,3)10-9(15)11(16)18-12(17-10)14(19-4)7-5-6-8-14/h5-8H2,1-4H3,(H2,16,17,18). The molecule has 5 heteroatoms. The van der Waals surface area contributed by atoms with Crippen LogP contribution in [0.5, 0.6) is 0 Å². The van der Waals surface area contributed by atoms with E-state index in [0.29, 0.717) is 5.82 Å². The van der Waals surface area contributed by atoms with Crippen LogP contribution in [0.4, 0.5) is 5.82 Å². The number of aromatic nitrogens is 2. The van der Waals surface area contributed by atoms with Gasteiger partial charge < -0.3 is 10.5 Å². The molecule has 1 heterocycles. The van der Waals surface area contributed by atoms with Crippen LogP contribution >= 0.6 is 22.6 Å². The molecule has 0 atom stereocenters. The van der Waals surface area contributed by atoms with Crippen molar-refractivity contribution >= 4 is 28.4 Å². The Hall–Kier alpha value is -0.430. The van der Waals surface area contributed by atoms with Crippen LogP contribution in [0.1, 0.15) is 58.0 Å². The molecule has 0 unspecified atom stereocenters. The monoisotopic (exact) mass is 375 g/mol. The molecular formula is C14H22IN3O. The number of nitrogens with two attached hydrogens (primary N) is 1. The van der Waals surface area contributed by atoms with E-state index in [1.54, 1.807) is 7.11 Å². The van der Waals surface area contributed by atoms with Crippen LogP contribution in [0.2, 0.25) is 0 Å². The SMILES string of the molecule is COC1(c2nc(N)c(I)c(C(C)(C)C)n2)CCCC1. The highest BCUT2D eigenvalue weighted by molar-refractivity contribution is 14.1. The van der Waals surface area contributed by atoms with Gasteiger partial charge in [-0.2, -0.15) is 0 Å². The summed E-state index contributed by atoms with van der Waals surface area (Å²) in [4.78, 5) is 9.31. The molecule has 0 aromatic carbocycles. The van der Waals surface area contributed by atoms with Crippen molar-refractivity contribution < 1.29 is 4.74 Å². The summed E-state index contributed by atoms with van der Waals surface area (Å²) >= 11 is 2.24. The first-order chi connectivity index (χ1) is 8.80. The fraction of sp³-hybridized carbons (Fsp3) is 0.714. The van der Waals surface area contributed by atoms with Crippen LogP contribution in [0, 0.1) is 3.57 Å². The van der Waals surface area contributed by atoms with Crippen LogP contribution in [0.3, 0.4) is 0 Å². The van der Waals surface area contributed by atoms with Gasteiger partial charge in [-0.15, -0.1) is 0 Å². The van der Waals surface area contributed by atoms with E-state index in [0.717, 1.165) is 40.8 Å². The molecular weight excluding hydrogens is 353 g/mol. The quantitative estimate of drug-likeness (QED) is 0.806. The lowest BCUT2D eigenvalue weighted by Gasteiger charge is -2.28. The Kier molecular flexibility index (Phi) is 4.07. The summed E-state index contributed by atoms with van der Waals surface area (Å²) < 4.78 is 6.72.